The molecule has 0 aliphatic heterocycles. The molecule has 0 saturated heterocycles. The van der Waals surface area contributed by atoms with Crippen molar-refractivity contribution in [3.8, 4) is 33.4 Å². The molecule has 0 aromatic heterocycles. The van der Waals surface area contributed by atoms with Crippen LogP contribution in [0, 0.1) is 0 Å². The SMILES string of the molecule is CN(c1ccc(-c2ccccc2)cc1)c1ccccc1-c1ccc(-c2cccc3c2ccc2cc4ccccc4cc23)cc1C=O. The van der Waals surface area contributed by atoms with Crippen LogP contribution in [0.2, 0.25) is 0 Å². The molecule has 218 valence electrons. The lowest BCUT2D eigenvalue weighted by molar-refractivity contribution is 0.112. The number of aldehydes is 1. The second-order valence-electron chi connectivity index (χ2n) is 11.8. The van der Waals surface area contributed by atoms with Crippen LogP contribution in [0.15, 0.2) is 164 Å². The van der Waals surface area contributed by atoms with Crippen molar-refractivity contribution in [1.82, 2.24) is 0 Å². The first kappa shape index (κ1) is 27.6. The van der Waals surface area contributed by atoms with Crippen molar-refractivity contribution in [2.45, 2.75) is 0 Å². The Morgan fingerprint density at radius 3 is 1.91 bits per heavy atom. The summed E-state index contributed by atoms with van der Waals surface area (Å²) in [6, 6.07) is 57.5. The van der Waals surface area contributed by atoms with E-state index in [4.69, 9.17) is 0 Å². The molecule has 8 aromatic rings. The van der Waals surface area contributed by atoms with Gasteiger partial charge >= 0.3 is 0 Å². The average Bonchev–Trinajstić information content (AvgIpc) is 3.13. The first-order chi connectivity index (χ1) is 22.7. The normalized spacial score (nSPS) is 11.2. The third-order valence-electron chi connectivity index (χ3n) is 9.15. The molecule has 0 N–H and O–H groups in total. The molecule has 0 heterocycles. The van der Waals surface area contributed by atoms with E-state index in [1.807, 2.05) is 24.3 Å². The Kier molecular flexibility index (Phi) is 6.89. The molecule has 0 radical (unpaired) electrons. The molecule has 8 rings (SSSR count). The number of fused-ring (bicyclic) bond motifs is 4. The summed E-state index contributed by atoms with van der Waals surface area (Å²) >= 11 is 0. The molecule has 2 heteroatoms. The van der Waals surface area contributed by atoms with Gasteiger partial charge in [0.2, 0.25) is 0 Å². The number of hydrogen-bond acceptors (Lipinski definition) is 2. The summed E-state index contributed by atoms with van der Waals surface area (Å²) in [5.74, 6) is 0. The van der Waals surface area contributed by atoms with Crippen molar-refractivity contribution in [3.63, 3.8) is 0 Å². The van der Waals surface area contributed by atoms with Crippen LogP contribution in [0.1, 0.15) is 10.4 Å². The molecular formula is C44H31NO. The van der Waals surface area contributed by atoms with Crippen LogP contribution in [-0.4, -0.2) is 13.3 Å². The number of nitrogens with zero attached hydrogens (tertiary/aromatic N) is 1. The second kappa shape index (κ2) is 11.5. The van der Waals surface area contributed by atoms with Gasteiger partial charge in [0.15, 0.2) is 6.29 Å². The van der Waals surface area contributed by atoms with Gasteiger partial charge in [-0.25, -0.2) is 0 Å². The van der Waals surface area contributed by atoms with Gasteiger partial charge in [-0.1, -0.05) is 127 Å². The van der Waals surface area contributed by atoms with Gasteiger partial charge in [-0.2, -0.15) is 0 Å². The topological polar surface area (TPSA) is 20.3 Å². The summed E-state index contributed by atoms with van der Waals surface area (Å²) in [5, 5.41) is 7.32. The largest absolute Gasteiger partial charge is 0.344 e. The van der Waals surface area contributed by atoms with E-state index in [-0.39, 0.29) is 0 Å². The van der Waals surface area contributed by atoms with Crippen LogP contribution in [0.3, 0.4) is 0 Å². The minimum atomic E-state index is 0.668. The van der Waals surface area contributed by atoms with Crippen molar-refractivity contribution in [1.29, 1.82) is 0 Å². The highest BCUT2D eigenvalue weighted by Crippen LogP contribution is 2.39. The Bertz CT molecular complexity index is 2390. The molecule has 46 heavy (non-hydrogen) atoms. The van der Waals surface area contributed by atoms with Gasteiger partial charge in [0.1, 0.15) is 0 Å². The minimum Gasteiger partial charge on any atom is -0.344 e. The monoisotopic (exact) mass is 589 g/mol. The van der Waals surface area contributed by atoms with Crippen molar-refractivity contribution in [3.05, 3.63) is 169 Å². The van der Waals surface area contributed by atoms with Gasteiger partial charge in [0.05, 0.1) is 0 Å². The molecule has 0 bridgehead atoms. The smallest absolute Gasteiger partial charge is 0.150 e. The number of anilines is 2. The standard InChI is InChI=1S/C44H31NO/c1-45(37-22-18-31(19-23-37)30-10-3-2-4-11-30)44-17-8-7-14-42(44)39-24-20-34(27-36(39)29-46)38-15-9-16-40-41(38)25-21-35-26-32-12-5-6-13-33(32)28-43(35)40/h2-29H,1H3. The first-order valence-corrected chi connectivity index (χ1v) is 15.6. The summed E-state index contributed by atoms with van der Waals surface area (Å²) in [5.41, 5.74) is 9.23. The molecule has 0 amide bonds. The Hall–Kier alpha value is -5.99. The number of rotatable bonds is 6. The summed E-state index contributed by atoms with van der Waals surface area (Å²) in [6.45, 7) is 0. The van der Waals surface area contributed by atoms with Crippen LogP contribution in [0.5, 0.6) is 0 Å². The van der Waals surface area contributed by atoms with Crippen LogP contribution < -0.4 is 4.90 Å². The fourth-order valence-corrected chi connectivity index (χ4v) is 6.75. The van der Waals surface area contributed by atoms with Crippen molar-refractivity contribution in [2.75, 3.05) is 11.9 Å². The average molecular weight is 590 g/mol. The summed E-state index contributed by atoms with van der Waals surface area (Å²) in [6.07, 6.45) is 0.983. The van der Waals surface area contributed by atoms with Gasteiger partial charge in [0, 0.05) is 29.5 Å². The zero-order valence-electron chi connectivity index (χ0n) is 25.5. The van der Waals surface area contributed by atoms with Crippen LogP contribution in [0.4, 0.5) is 11.4 Å². The maximum Gasteiger partial charge on any atom is 0.150 e. The number of carbonyl (C=O) groups is 1. The van der Waals surface area contributed by atoms with Crippen LogP contribution >= 0.6 is 0 Å². The van der Waals surface area contributed by atoms with Gasteiger partial charge in [-0.3, -0.25) is 4.79 Å². The maximum atomic E-state index is 12.7. The third kappa shape index (κ3) is 4.81. The third-order valence-corrected chi connectivity index (χ3v) is 9.15. The molecule has 0 aliphatic carbocycles. The predicted molar refractivity (Wildman–Crippen MR) is 195 cm³/mol. The van der Waals surface area contributed by atoms with Crippen molar-refractivity contribution < 1.29 is 4.79 Å². The number of carbonyl (C=O) groups excluding carboxylic acids is 1. The van der Waals surface area contributed by atoms with E-state index in [1.54, 1.807) is 0 Å². The van der Waals surface area contributed by atoms with Crippen molar-refractivity contribution >= 4 is 50.0 Å². The summed E-state index contributed by atoms with van der Waals surface area (Å²) < 4.78 is 0. The lowest BCUT2D eigenvalue weighted by atomic mass is 9.90. The highest BCUT2D eigenvalue weighted by Gasteiger charge is 2.16. The Morgan fingerprint density at radius 1 is 0.435 bits per heavy atom. The molecular weight excluding hydrogens is 558 g/mol. The van der Waals surface area contributed by atoms with Crippen molar-refractivity contribution in [2.24, 2.45) is 0 Å². The zero-order chi connectivity index (χ0) is 31.0. The lowest BCUT2D eigenvalue weighted by Crippen LogP contribution is -2.10. The van der Waals surface area contributed by atoms with Gasteiger partial charge in [-0.15, -0.1) is 0 Å². The Labute approximate surface area is 268 Å². The van der Waals surface area contributed by atoms with E-state index in [2.05, 4.69) is 151 Å². The van der Waals surface area contributed by atoms with Crippen LogP contribution in [0.25, 0.3) is 65.7 Å². The highest BCUT2D eigenvalue weighted by molar-refractivity contribution is 6.15. The molecule has 0 atom stereocenters. The fourth-order valence-electron chi connectivity index (χ4n) is 6.75. The fraction of sp³-hybridized carbons (Fsp3) is 0.0227. The Balaban J connectivity index is 1.18. The van der Waals surface area contributed by atoms with E-state index < -0.39 is 0 Å². The number of hydrogen-bond donors (Lipinski definition) is 0. The number of benzene rings is 8. The summed E-state index contributed by atoms with van der Waals surface area (Å²) in [4.78, 5) is 14.8. The predicted octanol–water partition coefficient (Wildman–Crippen LogP) is 11.7. The van der Waals surface area contributed by atoms with E-state index in [9.17, 15) is 4.79 Å². The molecule has 0 fully saturated rings. The molecule has 0 aliphatic rings. The van der Waals surface area contributed by atoms with Crippen LogP contribution in [-0.2, 0) is 0 Å². The lowest BCUT2D eigenvalue weighted by Gasteiger charge is -2.24. The molecule has 0 saturated carbocycles. The molecule has 2 nitrogen and oxygen atoms in total. The van der Waals surface area contributed by atoms with Gasteiger partial charge < -0.3 is 4.90 Å². The molecule has 8 aromatic carbocycles. The van der Waals surface area contributed by atoms with E-state index in [0.717, 1.165) is 39.9 Å². The Morgan fingerprint density at radius 2 is 1.11 bits per heavy atom. The summed E-state index contributed by atoms with van der Waals surface area (Å²) in [7, 11) is 2.08. The van der Waals surface area contributed by atoms with Gasteiger partial charge in [-0.05, 0) is 96.5 Å². The van der Waals surface area contributed by atoms with E-state index in [0.29, 0.717) is 5.56 Å². The maximum absolute atomic E-state index is 12.7. The number of para-hydroxylation sites is 1. The van der Waals surface area contributed by atoms with Gasteiger partial charge in [0.25, 0.3) is 0 Å². The highest BCUT2D eigenvalue weighted by atomic mass is 16.1. The molecule has 0 unspecified atom stereocenters. The second-order valence-corrected chi connectivity index (χ2v) is 11.8. The van der Waals surface area contributed by atoms with E-state index >= 15 is 0 Å². The van der Waals surface area contributed by atoms with E-state index in [1.165, 1.54) is 43.4 Å². The zero-order valence-corrected chi connectivity index (χ0v) is 25.5. The quantitative estimate of drug-likeness (QED) is 0.109. The minimum absolute atomic E-state index is 0.668. The molecule has 0 spiro atoms. The first-order valence-electron chi connectivity index (χ1n) is 15.6.